The summed E-state index contributed by atoms with van der Waals surface area (Å²) in [5.41, 5.74) is 3.90. The predicted octanol–water partition coefficient (Wildman–Crippen LogP) is 3.87. The monoisotopic (exact) mass is 381 g/mol. The average Bonchev–Trinajstić information content (AvgIpc) is 2.77. The number of benzene rings is 4. The van der Waals surface area contributed by atoms with Crippen molar-refractivity contribution in [2.45, 2.75) is 0 Å². The van der Waals surface area contributed by atoms with Crippen LogP contribution < -0.4 is 10.7 Å². The summed E-state index contributed by atoms with van der Waals surface area (Å²) in [7, 11) is 0. The number of nitrogens with one attached hydrogen (secondary N) is 2. The van der Waals surface area contributed by atoms with Crippen LogP contribution in [0.1, 0.15) is 15.9 Å². The molecular weight excluding hydrogens is 362 g/mol. The van der Waals surface area contributed by atoms with Gasteiger partial charge in [-0.3, -0.25) is 9.59 Å². The van der Waals surface area contributed by atoms with E-state index in [0.29, 0.717) is 5.56 Å². The van der Waals surface area contributed by atoms with E-state index in [-0.39, 0.29) is 12.5 Å². The Balaban J connectivity index is 1.37. The Kier molecular flexibility index (Phi) is 5.29. The molecule has 0 aliphatic rings. The molecule has 5 heteroatoms. The fraction of sp³-hybridized carbons (Fsp3) is 0.0417. The highest BCUT2D eigenvalue weighted by atomic mass is 16.2. The van der Waals surface area contributed by atoms with Crippen LogP contribution in [0.5, 0.6) is 0 Å². The molecule has 0 unspecified atom stereocenters. The van der Waals surface area contributed by atoms with Gasteiger partial charge in [-0.1, -0.05) is 78.9 Å². The second kappa shape index (κ2) is 8.35. The molecule has 5 nitrogen and oxygen atoms in total. The molecule has 0 atom stereocenters. The molecule has 0 aliphatic carbocycles. The van der Waals surface area contributed by atoms with E-state index in [4.69, 9.17) is 0 Å². The highest BCUT2D eigenvalue weighted by molar-refractivity contribution is 6.07. The smallest absolute Gasteiger partial charge is 0.259 e. The van der Waals surface area contributed by atoms with Gasteiger partial charge in [0.25, 0.3) is 11.8 Å². The molecule has 4 aromatic rings. The van der Waals surface area contributed by atoms with Crippen LogP contribution >= 0.6 is 0 Å². The number of nitrogens with zero attached hydrogens (tertiary/aromatic N) is 1. The maximum atomic E-state index is 12.5. The molecule has 2 amide bonds. The standard InChI is InChI=1S/C24H19N3O2/c28-23(27-26-15-19-11-5-9-17-7-1-3-12-20(17)19)16-25-24(29)22-14-6-10-18-8-2-4-13-21(18)22/h1-15H,16H2,(H,25,29)(H,27,28). The first-order chi connectivity index (χ1) is 14.2. The SMILES string of the molecule is O=C(CNC(=O)c1cccc2ccccc12)NN=Cc1cccc2ccccc12. The number of rotatable bonds is 5. The van der Waals surface area contributed by atoms with Crippen molar-refractivity contribution < 1.29 is 9.59 Å². The van der Waals surface area contributed by atoms with Gasteiger partial charge in [-0.2, -0.15) is 5.10 Å². The molecule has 2 N–H and O–H groups in total. The molecule has 4 aromatic carbocycles. The van der Waals surface area contributed by atoms with Gasteiger partial charge in [-0.15, -0.1) is 0 Å². The van der Waals surface area contributed by atoms with Crippen molar-refractivity contribution in [3.63, 3.8) is 0 Å². The summed E-state index contributed by atoms with van der Waals surface area (Å²) in [5, 5.41) is 10.6. The normalized spacial score (nSPS) is 11.0. The maximum Gasteiger partial charge on any atom is 0.259 e. The van der Waals surface area contributed by atoms with E-state index in [1.807, 2.05) is 78.9 Å². The molecule has 29 heavy (non-hydrogen) atoms. The first-order valence-electron chi connectivity index (χ1n) is 9.28. The van der Waals surface area contributed by atoms with Crippen LogP contribution in [-0.2, 0) is 4.79 Å². The van der Waals surface area contributed by atoms with Gasteiger partial charge in [0, 0.05) is 11.1 Å². The Labute approximate surface area is 168 Å². The zero-order valence-electron chi connectivity index (χ0n) is 15.6. The molecule has 0 spiro atoms. The van der Waals surface area contributed by atoms with Crippen molar-refractivity contribution in [2.75, 3.05) is 6.54 Å². The Morgan fingerprint density at radius 2 is 1.38 bits per heavy atom. The highest BCUT2D eigenvalue weighted by Crippen LogP contribution is 2.18. The van der Waals surface area contributed by atoms with Crippen molar-refractivity contribution in [3.05, 3.63) is 96.1 Å². The van der Waals surface area contributed by atoms with Crippen LogP contribution in [0.15, 0.2) is 90.0 Å². The third-order valence-electron chi connectivity index (χ3n) is 4.66. The fourth-order valence-electron chi connectivity index (χ4n) is 3.26. The largest absolute Gasteiger partial charge is 0.343 e. The topological polar surface area (TPSA) is 70.6 Å². The van der Waals surface area contributed by atoms with Gasteiger partial charge >= 0.3 is 0 Å². The van der Waals surface area contributed by atoms with E-state index in [1.54, 1.807) is 12.3 Å². The number of fused-ring (bicyclic) bond motifs is 2. The summed E-state index contributed by atoms with van der Waals surface area (Å²) >= 11 is 0. The lowest BCUT2D eigenvalue weighted by atomic mass is 10.0. The Morgan fingerprint density at radius 3 is 2.17 bits per heavy atom. The number of carbonyl (C=O) groups excluding carboxylic acids is 2. The summed E-state index contributed by atoms with van der Waals surface area (Å²) in [6.07, 6.45) is 1.60. The van der Waals surface area contributed by atoms with E-state index in [1.165, 1.54) is 0 Å². The van der Waals surface area contributed by atoms with Crippen molar-refractivity contribution in [2.24, 2.45) is 5.10 Å². The van der Waals surface area contributed by atoms with Crippen molar-refractivity contribution in [3.8, 4) is 0 Å². The lowest BCUT2D eigenvalue weighted by Crippen LogP contribution is -2.35. The zero-order chi connectivity index (χ0) is 20.1. The van der Waals surface area contributed by atoms with Crippen LogP contribution in [0.25, 0.3) is 21.5 Å². The Bertz CT molecular complexity index is 1220. The van der Waals surface area contributed by atoms with Crippen LogP contribution in [-0.4, -0.2) is 24.6 Å². The van der Waals surface area contributed by atoms with Gasteiger partial charge in [-0.05, 0) is 27.6 Å². The second-order valence-electron chi connectivity index (χ2n) is 6.57. The Hall–Kier alpha value is -3.99. The van der Waals surface area contributed by atoms with E-state index < -0.39 is 5.91 Å². The maximum absolute atomic E-state index is 12.5. The van der Waals surface area contributed by atoms with Gasteiger partial charge < -0.3 is 5.32 Å². The molecule has 0 radical (unpaired) electrons. The molecule has 0 fully saturated rings. The second-order valence-corrected chi connectivity index (χ2v) is 6.57. The minimum Gasteiger partial charge on any atom is -0.343 e. The molecule has 142 valence electrons. The Morgan fingerprint density at radius 1 is 0.759 bits per heavy atom. The van der Waals surface area contributed by atoms with E-state index in [2.05, 4.69) is 15.8 Å². The van der Waals surface area contributed by atoms with Crippen molar-refractivity contribution >= 4 is 39.6 Å². The molecule has 0 heterocycles. The summed E-state index contributed by atoms with van der Waals surface area (Å²) in [6, 6.07) is 27.0. The number of amides is 2. The van der Waals surface area contributed by atoms with Crippen LogP contribution in [0.3, 0.4) is 0 Å². The average molecular weight is 381 g/mol. The van der Waals surface area contributed by atoms with E-state index in [0.717, 1.165) is 27.1 Å². The predicted molar refractivity (Wildman–Crippen MR) is 116 cm³/mol. The van der Waals surface area contributed by atoms with Gasteiger partial charge in [0.15, 0.2) is 0 Å². The zero-order valence-corrected chi connectivity index (χ0v) is 15.6. The van der Waals surface area contributed by atoms with Crippen LogP contribution in [0.4, 0.5) is 0 Å². The highest BCUT2D eigenvalue weighted by Gasteiger charge is 2.10. The molecule has 0 bridgehead atoms. The first-order valence-corrected chi connectivity index (χ1v) is 9.28. The fourth-order valence-corrected chi connectivity index (χ4v) is 3.26. The lowest BCUT2D eigenvalue weighted by molar-refractivity contribution is -0.120. The van der Waals surface area contributed by atoms with Crippen LogP contribution in [0.2, 0.25) is 0 Å². The molecular formula is C24H19N3O2. The molecule has 0 saturated carbocycles. The van der Waals surface area contributed by atoms with Crippen LogP contribution in [0, 0.1) is 0 Å². The minimum atomic E-state index is -0.393. The van der Waals surface area contributed by atoms with E-state index >= 15 is 0 Å². The van der Waals surface area contributed by atoms with Gasteiger partial charge in [0.05, 0.1) is 12.8 Å². The summed E-state index contributed by atoms with van der Waals surface area (Å²) < 4.78 is 0. The molecule has 0 saturated heterocycles. The molecule has 0 aliphatic heterocycles. The summed E-state index contributed by atoms with van der Waals surface area (Å²) in [5.74, 6) is -0.690. The lowest BCUT2D eigenvalue weighted by Gasteiger charge is -2.07. The number of hydrogen-bond acceptors (Lipinski definition) is 3. The molecule has 4 rings (SSSR count). The molecule has 0 aromatic heterocycles. The van der Waals surface area contributed by atoms with E-state index in [9.17, 15) is 9.59 Å². The summed E-state index contributed by atoms with van der Waals surface area (Å²) in [4.78, 5) is 24.5. The van der Waals surface area contributed by atoms with Gasteiger partial charge in [-0.25, -0.2) is 5.43 Å². The van der Waals surface area contributed by atoms with Crippen molar-refractivity contribution in [1.82, 2.24) is 10.7 Å². The third-order valence-corrected chi connectivity index (χ3v) is 4.66. The number of carbonyl (C=O) groups is 2. The van der Waals surface area contributed by atoms with Crippen molar-refractivity contribution in [1.29, 1.82) is 0 Å². The van der Waals surface area contributed by atoms with Gasteiger partial charge in [0.1, 0.15) is 0 Å². The third kappa shape index (κ3) is 4.14. The van der Waals surface area contributed by atoms with Gasteiger partial charge in [0.2, 0.25) is 0 Å². The summed E-state index contributed by atoms with van der Waals surface area (Å²) in [6.45, 7) is -0.158. The number of hydrogen-bond donors (Lipinski definition) is 2. The minimum absolute atomic E-state index is 0.158. The first kappa shape index (κ1) is 18.4. The quantitative estimate of drug-likeness (QED) is 0.407. The number of hydrazone groups is 1.